The highest BCUT2D eigenvalue weighted by atomic mass is 15.3. The van der Waals surface area contributed by atoms with Crippen LogP contribution in [0.1, 0.15) is 35.0 Å². The highest BCUT2D eigenvalue weighted by Gasteiger charge is 2.15. The summed E-state index contributed by atoms with van der Waals surface area (Å²) in [5, 5.41) is 10.8. The van der Waals surface area contributed by atoms with Crippen LogP contribution in [0.3, 0.4) is 0 Å². The largest absolute Gasteiger partial charge is 0.308 e. The summed E-state index contributed by atoms with van der Waals surface area (Å²) in [6, 6.07) is 9.05. The Balaban J connectivity index is 1.44. The van der Waals surface area contributed by atoms with E-state index in [1.807, 2.05) is 0 Å². The van der Waals surface area contributed by atoms with Gasteiger partial charge in [-0.05, 0) is 31.5 Å². The van der Waals surface area contributed by atoms with Crippen LogP contribution in [0, 0.1) is 13.8 Å². The molecule has 2 N–H and O–H groups in total. The molecular formula is C20H31N5. The van der Waals surface area contributed by atoms with Gasteiger partial charge in [-0.2, -0.15) is 5.10 Å². The van der Waals surface area contributed by atoms with E-state index in [4.69, 9.17) is 0 Å². The first kappa shape index (κ1) is 18.1. The van der Waals surface area contributed by atoms with Crippen molar-refractivity contribution in [1.29, 1.82) is 0 Å². The molecule has 0 amide bonds. The minimum absolute atomic E-state index is 0.859. The lowest BCUT2D eigenvalue weighted by Crippen LogP contribution is -2.45. The maximum Gasteiger partial charge on any atom is 0.0638 e. The molecule has 0 unspecified atom stereocenters. The van der Waals surface area contributed by atoms with Crippen LogP contribution in [0.5, 0.6) is 0 Å². The van der Waals surface area contributed by atoms with Crippen LogP contribution in [0.2, 0.25) is 0 Å². The molecule has 0 bridgehead atoms. The normalized spacial score (nSPS) is 16.4. The number of hydrogen-bond acceptors (Lipinski definition) is 4. The number of aryl methyl sites for hydroxylation is 2. The molecule has 0 aliphatic carbocycles. The number of aromatic nitrogens is 2. The molecule has 0 atom stereocenters. The van der Waals surface area contributed by atoms with Crippen molar-refractivity contribution in [3.63, 3.8) is 0 Å². The molecule has 0 saturated carbocycles. The third-order valence-electron chi connectivity index (χ3n) is 5.25. The number of H-pyrrole nitrogens is 1. The van der Waals surface area contributed by atoms with Gasteiger partial charge in [0.2, 0.25) is 0 Å². The maximum atomic E-state index is 4.25. The minimum atomic E-state index is 0.859. The standard InChI is InChI=1S/C20H31N5/c1-4-24-9-11-25(12-10-24)15-19-7-5-18(6-8-19)13-21-14-20-16(2)22-23-17(20)3/h5-8,21H,4,9-15H2,1-3H3,(H,22,23). The lowest BCUT2D eigenvalue weighted by molar-refractivity contribution is 0.132. The third kappa shape index (κ3) is 4.91. The van der Waals surface area contributed by atoms with Gasteiger partial charge in [0.05, 0.1) is 5.69 Å². The molecule has 1 fully saturated rings. The van der Waals surface area contributed by atoms with Crippen molar-refractivity contribution < 1.29 is 0 Å². The molecule has 1 aliphatic rings. The number of rotatable bonds is 7. The Morgan fingerprint density at radius 3 is 2.20 bits per heavy atom. The highest BCUT2D eigenvalue weighted by Crippen LogP contribution is 2.12. The van der Waals surface area contributed by atoms with E-state index in [2.05, 4.69) is 70.4 Å². The second kappa shape index (κ2) is 8.61. The Hall–Kier alpha value is -1.69. The summed E-state index contributed by atoms with van der Waals surface area (Å²) in [7, 11) is 0. The van der Waals surface area contributed by atoms with Gasteiger partial charge in [-0.15, -0.1) is 0 Å². The predicted octanol–water partition coefficient (Wildman–Crippen LogP) is 2.45. The van der Waals surface area contributed by atoms with Gasteiger partial charge in [0.1, 0.15) is 0 Å². The topological polar surface area (TPSA) is 47.2 Å². The molecule has 0 radical (unpaired) electrons. The Kier molecular flexibility index (Phi) is 6.24. The fraction of sp³-hybridized carbons (Fsp3) is 0.550. The van der Waals surface area contributed by atoms with Gasteiger partial charge in [-0.25, -0.2) is 0 Å². The number of benzene rings is 1. The van der Waals surface area contributed by atoms with Crippen LogP contribution < -0.4 is 5.32 Å². The van der Waals surface area contributed by atoms with E-state index in [0.717, 1.165) is 31.0 Å². The molecule has 1 aromatic heterocycles. The number of piperazine rings is 1. The van der Waals surface area contributed by atoms with E-state index >= 15 is 0 Å². The molecule has 3 rings (SSSR count). The first-order chi connectivity index (χ1) is 12.2. The van der Waals surface area contributed by atoms with Crippen molar-refractivity contribution in [3.05, 3.63) is 52.3 Å². The quantitative estimate of drug-likeness (QED) is 0.812. The molecule has 1 aliphatic heterocycles. The van der Waals surface area contributed by atoms with Crippen LogP contribution in [-0.4, -0.2) is 52.7 Å². The van der Waals surface area contributed by atoms with Crippen LogP contribution in [-0.2, 0) is 19.6 Å². The fourth-order valence-electron chi connectivity index (χ4n) is 3.45. The maximum absolute atomic E-state index is 4.25. The van der Waals surface area contributed by atoms with E-state index in [0.29, 0.717) is 0 Å². The second-order valence-corrected chi connectivity index (χ2v) is 7.04. The average molecular weight is 342 g/mol. The van der Waals surface area contributed by atoms with Crippen LogP contribution in [0.25, 0.3) is 0 Å². The van der Waals surface area contributed by atoms with Crippen LogP contribution in [0.15, 0.2) is 24.3 Å². The fourth-order valence-corrected chi connectivity index (χ4v) is 3.45. The zero-order chi connectivity index (χ0) is 17.6. The van der Waals surface area contributed by atoms with Crippen LogP contribution >= 0.6 is 0 Å². The van der Waals surface area contributed by atoms with Crippen molar-refractivity contribution in [2.24, 2.45) is 0 Å². The summed E-state index contributed by atoms with van der Waals surface area (Å²) in [5.74, 6) is 0. The number of nitrogens with one attached hydrogen (secondary N) is 2. The van der Waals surface area contributed by atoms with E-state index in [9.17, 15) is 0 Å². The molecule has 5 heteroatoms. The van der Waals surface area contributed by atoms with Crippen molar-refractivity contribution in [2.75, 3.05) is 32.7 Å². The van der Waals surface area contributed by atoms with Crippen molar-refractivity contribution in [1.82, 2.24) is 25.3 Å². The first-order valence-electron chi connectivity index (χ1n) is 9.39. The first-order valence-corrected chi connectivity index (χ1v) is 9.39. The summed E-state index contributed by atoms with van der Waals surface area (Å²) in [6.45, 7) is 15.1. The number of hydrogen-bond donors (Lipinski definition) is 2. The smallest absolute Gasteiger partial charge is 0.0638 e. The van der Waals surface area contributed by atoms with Crippen LogP contribution in [0.4, 0.5) is 0 Å². The molecule has 2 heterocycles. The lowest BCUT2D eigenvalue weighted by Gasteiger charge is -2.34. The number of likely N-dealkylation sites (N-methyl/N-ethyl adjacent to an activating group) is 1. The molecular weight excluding hydrogens is 310 g/mol. The zero-order valence-electron chi connectivity index (χ0n) is 15.8. The Bertz CT molecular complexity index is 634. The summed E-state index contributed by atoms with van der Waals surface area (Å²) in [5.41, 5.74) is 6.27. The third-order valence-corrected chi connectivity index (χ3v) is 5.25. The van der Waals surface area contributed by atoms with Gasteiger partial charge < -0.3 is 10.2 Å². The molecule has 136 valence electrons. The Morgan fingerprint density at radius 1 is 0.960 bits per heavy atom. The minimum Gasteiger partial charge on any atom is -0.308 e. The predicted molar refractivity (Wildman–Crippen MR) is 102 cm³/mol. The van der Waals surface area contributed by atoms with Crippen molar-refractivity contribution in [3.8, 4) is 0 Å². The Labute approximate surface area is 151 Å². The van der Waals surface area contributed by atoms with Gasteiger partial charge in [-0.3, -0.25) is 10.00 Å². The van der Waals surface area contributed by atoms with E-state index in [-0.39, 0.29) is 0 Å². The monoisotopic (exact) mass is 341 g/mol. The van der Waals surface area contributed by atoms with E-state index in [1.54, 1.807) is 0 Å². The van der Waals surface area contributed by atoms with Crippen molar-refractivity contribution >= 4 is 0 Å². The second-order valence-electron chi connectivity index (χ2n) is 7.04. The van der Waals surface area contributed by atoms with Gasteiger partial charge in [0, 0.05) is 57.1 Å². The zero-order valence-corrected chi connectivity index (χ0v) is 15.8. The molecule has 1 saturated heterocycles. The number of aromatic amines is 1. The average Bonchev–Trinajstić information content (AvgIpc) is 2.96. The van der Waals surface area contributed by atoms with Gasteiger partial charge in [-0.1, -0.05) is 31.2 Å². The Morgan fingerprint density at radius 2 is 1.60 bits per heavy atom. The van der Waals surface area contributed by atoms with Gasteiger partial charge >= 0.3 is 0 Å². The molecule has 5 nitrogen and oxygen atoms in total. The summed E-state index contributed by atoms with van der Waals surface area (Å²) >= 11 is 0. The molecule has 2 aromatic rings. The highest BCUT2D eigenvalue weighted by molar-refractivity contribution is 5.24. The molecule has 25 heavy (non-hydrogen) atoms. The van der Waals surface area contributed by atoms with Gasteiger partial charge in [0.15, 0.2) is 0 Å². The van der Waals surface area contributed by atoms with Crippen molar-refractivity contribution in [2.45, 2.75) is 40.4 Å². The summed E-state index contributed by atoms with van der Waals surface area (Å²) < 4.78 is 0. The molecule has 1 aromatic carbocycles. The van der Waals surface area contributed by atoms with Gasteiger partial charge in [0.25, 0.3) is 0 Å². The summed E-state index contributed by atoms with van der Waals surface area (Å²) in [4.78, 5) is 5.08. The number of nitrogens with zero attached hydrogens (tertiary/aromatic N) is 3. The van der Waals surface area contributed by atoms with E-state index < -0.39 is 0 Å². The molecule has 0 spiro atoms. The SMILES string of the molecule is CCN1CCN(Cc2ccc(CNCc3c(C)n[nH]c3C)cc2)CC1. The summed E-state index contributed by atoms with van der Waals surface area (Å²) in [6.07, 6.45) is 0. The van der Waals surface area contributed by atoms with E-state index in [1.165, 1.54) is 49.4 Å². The lowest BCUT2D eigenvalue weighted by atomic mass is 10.1.